The number of carbonyl (C=O) groups is 3. The first-order valence-electron chi connectivity index (χ1n) is 13.6. The lowest BCUT2D eigenvalue weighted by atomic mass is 9.85. The van der Waals surface area contributed by atoms with E-state index in [4.69, 9.17) is 0 Å². The molecule has 0 unspecified atom stereocenters. The van der Waals surface area contributed by atoms with Gasteiger partial charge in [-0.25, -0.2) is 4.98 Å². The number of amides is 3. The van der Waals surface area contributed by atoms with Crippen LogP contribution in [0.3, 0.4) is 0 Å². The Labute approximate surface area is 229 Å². The van der Waals surface area contributed by atoms with Crippen LogP contribution in [-0.4, -0.2) is 57.4 Å². The smallest absolute Gasteiger partial charge is 0.246 e. The molecule has 0 bridgehead atoms. The van der Waals surface area contributed by atoms with Gasteiger partial charge < -0.3 is 20.6 Å². The molecule has 1 aliphatic heterocycles. The molecule has 2 aromatic rings. The number of aryl methyl sites for hydroxylation is 1. The molecule has 1 aromatic carbocycles. The lowest BCUT2D eigenvalue weighted by Gasteiger charge is -2.35. The molecule has 3 amide bonds. The summed E-state index contributed by atoms with van der Waals surface area (Å²) in [5.74, 6) is -0.374. The number of nitrogens with zero attached hydrogens (tertiary/aromatic N) is 2. The molecule has 2 heterocycles. The average molecular weight is 541 g/mol. The summed E-state index contributed by atoms with van der Waals surface area (Å²) in [4.78, 5) is 46.6. The maximum absolute atomic E-state index is 13.7. The van der Waals surface area contributed by atoms with Gasteiger partial charge >= 0.3 is 0 Å². The Kier molecular flexibility index (Phi) is 8.88. The number of hydrogen-bond acceptors (Lipinski definition) is 6. The first kappa shape index (κ1) is 28.2. The van der Waals surface area contributed by atoms with Crippen molar-refractivity contribution in [3.63, 3.8) is 0 Å². The van der Waals surface area contributed by atoms with Gasteiger partial charge in [-0.1, -0.05) is 57.9 Å². The maximum atomic E-state index is 13.7. The van der Waals surface area contributed by atoms with E-state index in [0.717, 1.165) is 47.4 Å². The number of carbonyl (C=O) groups excluding carboxylic acids is 3. The highest BCUT2D eigenvalue weighted by Crippen LogP contribution is 2.30. The third kappa shape index (κ3) is 6.80. The zero-order chi connectivity index (χ0) is 27.4. The number of β-amino-alcohol motifs (C(OH)–C–C–N with tert-alkyl or cyclic N) is 1. The average Bonchev–Trinajstić information content (AvgIpc) is 3.62. The predicted molar refractivity (Wildman–Crippen MR) is 148 cm³/mol. The lowest BCUT2D eigenvalue weighted by Crippen LogP contribution is -2.57. The molecule has 38 heavy (non-hydrogen) atoms. The topological polar surface area (TPSA) is 112 Å². The Bertz CT molecular complexity index is 1130. The van der Waals surface area contributed by atoms with Crippen molar-refractivity contribution in [1.29, 1.82) is 0 Å². The molecular weight excluding hydrogens is 500 g/mol. The monoisotopic (exact) mass is 540 g/mol. The van der Waals surface area contributed by atoms with Gasteiger partial charge in [0.25, 0.3) is 0 Å². The first-order valence-corrected chi connectivity index (χ1v) is 14.5. The predicted octanol–water partition coefficient (Wildman–Crippen LogP) is 3.81. The normalized spacial score (nSPS) is 20.9. The van der Waals surface area contributed by atoms with Gasteiger partial charge in [0, 0.05) is 25.9 Å². The number of aliphatic hydroxyl groups excluding tert-OH is 1. The van der Waals surface area contributed by atoms with Crippen molar-refractivity contribution in [3.8, 4) is 10.4 Å². The molecule has 4 rings (SSSR count). The van der Waals surface area contributed by atoms with Crippen molar-refractivity contribution in [1.82, 2.24) is 20.5 Å². The number of rotatable bonds is 8. The van der Waals surface area contributed by atoms with Gasteiger partial charge in [0.2, 0.25) is 17.7 Å². The summed E-state index contributed by atoms with van der Waals surface area (Å²) in [5.41, 5.74) is 4.29. The van der Waals surface area contributed by atoms with Crippen molar-refractivity contribution in [2.24, 2.45) is 11.3 Å². The quantitative estimate of drug-likeness (QED) is 0.472. The van der Waals surface area contributed by atoms with E-state index in [1.165, 1.54) is 4.90 Å². The highest BCUT2D eigenvalue weighted by atomic mass is 32.1. The SMILES string of the molecule is Cc1ncsc1-c1ccc(CNC(=O)[C@@H]2C[C@@H](O)CN2C(=O)[C@@H](NC(=O)CC2CCCC2)C(C)(C)C)cc1. The third-order valence-corrected chi connectivity index (χ3v) is 8.64. The van der Waals surface area contributed by atoms with Gasteiger partial charge in [0.05, 0.1) is 22.2 Å². The highest BCUT2D eigenvalue weighted by molar-refractivity contribution is 7.13. The summed E-state index contributed by atoms with van der Waals surface area (Å²) in [7, 11) is 0. The molecule has 9 heteroatoms. The summed E-state index contributed by atoms with van der Waals surface area (Å²) in [6.45, 7) is 8.09. The second-order valence-electron chi connectivity index (χ2n) is 11.8. The molecule has 2 fully saturated rings. The van der Waals surface area contributed by atoms with E-state index in [-0.39, 0.29) is 30.7 Å². The van der Waals surface area contributed by atoms with Gasteiger partial charge in [-0.2, -0.15) is 0 Å². The molecule has 8 nitrogen and oxygen atoms in total. The van der Waals surface area contributed by atoms with Gasteiger partial charge in [-0.05, 0) is 42.2 Å². The van der Waals surface area contributed by atoms with Gasteiger partial charge in [0.1, 0.15) is 12.1 Å². The second kappa shape index (κ2) is 11.9. The van der Waals surface area contributed by atoms with Crippen LogP contribution in [0.4, 0.5) is 0 Å². The fourth-order valence-electron chi connectivity index (χ4n) is 5.48. The molecule has 0 spiro atoms. The zero-order valence-electron chi connectivity index (χ0n) is 22.8. The van der Waals surface area contributed by atoms with Crippen molar-refractivity contribution in [3.05, 3.63) is 41.0 Å². The summed E-state index contributed by atoms with van der Waals surface area (Å²) in [6, 6.07) is 6.40. The lowest BCUT2D eigenvalue weighted by molar-refractivity contribution is -0.144. The molecule has 0 radical (unpaired) electrons. The molecule has 3 N–H and O–H groups in total. The largest absolute Gasteiger partial charge is 0.391 e. The fourth-order valence-corrected chi connectivity index (χ4v) is 6.29. The molecule has 206 valence electrons. The third-order valence-electron chi connectivity index (χ3n) is 7.66. The number of hydrogen-bond donors (Lipinski definition) is 3. The number of thiazole rings is 1. The summed E-state index contributed by atoms with van der Waals surface area (Å²) < 4.78 is 0. The minimum Gasteiger partial charge on any atom is -0.391 e. The van der Waals surface area contributed by atoms with Crippen LogP contribution < -0.4 is 10.6 Å². The maximum Gasteiger partial charge on any atom is 0.246 e. The Hall–Kier alpha value is -2.78. The Balaban J connectivity index is 1.39. The fraction of sp³-hybridized carbons (Fsp3) is 0.586. The van der Waals surface area contributed by atoms with Crippen molar-refractivity contribution < 1.29 is 19.5 Å². The minimum atomic E-state index is -0.786. The van der Waals surface area contributed by atoms with Crippen LogP contribution in [-0.2, 0) is 20.9 Å². The Morgan fingerprint density at radius 3 is 2.45 bits per heavy atom. The van der Waals surface area contributed by atoms with Crippen molar-refractivity contribution >= 4 is 29.1 Å². The Morgan fingerprint density at radius 1 is 1.16 bits per heavy atom. The Morgan fingerprint density at radius 2 is 1.84 bits per heavy atom. The molecule has 1 aliphatic carbocycles. The van der Waals surface area contributed by atoms with Crippen LogP contribution in [0, 0.1) is 18.3 Å². The van der Waals surface area contributed by atoms with E-state index >= 15 is 0 Å². The van der Waals surface area contributed by atoms with Crippen LogP contribution in [0.25, 0.3) is 10.4 Å². The van der Waals surface area contributed by atoms with Crippen LogP contribution in [0.1, 0.15) is 70.6 Å². The van der Waals surface area contributed by atoms with Crippen molar-refractivity contribution in [2.45, 2.75) is 91.0 Å². The van der Waals surface area contributed by atoms with Crippen LogP contribution in [0.2, 0.25) is 0 Å². The van der Waals surface area contributed by atoms with E-state index in [1.54, 1.807) is 11.3 Å². The molecule has 1 saturated heterocycles. The summed E-state index contributed by atoms with van der Waals surface area (Å²) in [5, 5.41) is 16.3. The van der Waals surface area contributed by atoms with Gasteiger partial charge in [-0.15, -0.1) is 11.3 Å². The summed E-state index contributed by atoms with van der Waals surface area (Å²) >= 11 is 1.59. The van der Waals surface area contributed by atoms with E-state index < -0.39 is 23.6 Å². The highest BCUT2D eigenvalue weighted by Gasteiger charge is 2.44. The van der Waals surface area contributed by atoms with Crippen molar-refractivity contribution in [2.75, 3.05) is 6.54 Å². The standard InChI is InChI=1S/C29H40N4O4S/c1-18-25(38-17-31-18)21-11-9-20(10-12-21)15-30-27(36)23-14-22(34)16-33(23)28(37)26(29(2,3)4)32-24(35)13-19-7-5-6-8-19/h9-12,17,19,22-23,26,34H,5-8,13-16H2,1-4H3,(H,30,36)(H,32,35)/t22-,23+,26-/m1/s1. The summed E-state index contributed by atoms with van der Waals surface area (Å²) in [6.07, 6.45) is 4.22. The molecule has 3 atom stereocenters. The molecular formula is C29H40N4O4S. The number of aromatic nitrogens is 1. The van der Waals surface area contributed by atoms with Crippen LogP contribution >= 0.6 is 11.3 Å². The first-order chi connectivity index (χ1) is 18.0. The van der Waals surface area contributed by atoms with E-state index in [2.05, 4.69) is 15.6 Å². The zero-order valence-corrected chi connectivity index (χ0v) is 23.6. The van der Waals surface area contributed by atoms with Crippen LogP contribution in [0.15, 0.2) is 29.8 Å². The number of aliphatic hydroxyl groups is 1. The number of likely N-dealkylation sites (tertiary alicyclic amines) is 1. The molecule has 2 aliphatic rings. The molecule has 1 aromatic heterocycles. The number of benzene rings is 1. The van der Waals surface area contributed by atoms with E-state index in [9.17, 15) is 19.5 Å². The second-order valence-corrected chi connectivity index (χ2v) is 12.7. The minimum absolute atomic E-state index is 0.0743. The molecule has 1 saturated carbocycles. The van der Waals surface area contributed by atoms with E-state index in [1.807, 2.05) is 57.5 Å². The van der Waals surface area contributed by atoms with Gasteiger partial charge in [-0.3, -0.25) is 14.4 Å². The van der Waals surface area contributed by atoms with Crippen LogP contribution in [0.5, 0.6) is 0 Å². The number of nitrogens with one attached hydrogen (secondary N) is 2. The van der Waals surface area contributed by atoms with Gasteiger partial charge in [0.15, 0.2) is 0 Å². The van der Waals surface area contributed by atoms with E-state index in [0.29, 0.717) is 18.9 Å².